The monoisotopic (exact) mass is 474 g/mol. The molecule has 0 aromatic heterocycles. The molecule has 2 N–H and O–H groups in total. The summed E-state index contributed by atoms with van der Waals surface area (Å²) < 4.78 is 21.8. The van der Waals surface area contributed by atoms with Gasteiger partial charge in [-0.25, -0.2) is 9.59 Å². The van der Waals surface area contributed by atoms with Gasteiger partial charge < -0.3 is 29.2 Å². The third-order valence-corrected chi connectivity index (χ3v) is 6.16. The molecule has 0 saturated heterocycles. The maximum atomic E-state index is 13.2. The number of methoxy groups -OCH3 is 1. The molecular formula is C27H22O8. The number of cyclic esters (lactones) is 1. The Kier molecular flexibility index (Phi) is 5.45. The van der Waals surface area contributed by atoms with E-state index in [0.717, 1.165) is 5.56 Å². The summed E-state index contributed by atoms with van der Waals surface area (Å²) in [4.78, 5) is 24.7. The molecule has 0 saturated carbocycles. The summed E-state index contributed by atoms with van der Waals surface area (Å²) in [5.74, 6) is -2.19. The third-order valence-electron chi connectivity index (χ3n) is 6.16. The average Bonchev–Trinajstić information content (AvgIpc) is 3.41. The van der Waals surface area contributed by atoms with Crippen molar-refractivity contribution in [2.45, 2.75) is 19.1 Å². The van der Waals surface area contributed by atoms with Crippen LogP contribution in [0.4, 0.5) is 0 Å². The SMILES string of the molecule is COc1ccc(C2(O)OC(=O)C(c3ccc4c(c3)OCO4)=C2Cc2cccc(C(=O)O)c2)cc1C. The van der Waals surface area contributed by atoms with Crippen molar-refractivity contribution in [2.75, 3.05) is 13.9 Å². The van der Waals surface area contributed by atoms with E-state index in [1.54, 1.807) is 55.6 Å². The molecule has 35 heavy (non-hydrogen) atoms. The summed E-state index contributed by atoms with van der Waals surface area (Å²) in [5, 5.41) is 21.2. The first-order chi connectivity index (χ1) is 16.8. The molecule has 1 atom stereocenters. The summed E-state index contributed by atoms with van der Waals surface area (Å²) >= 11 is 0. The summed E-state index contributed by atoms with van der Waals surface area (Å²) in [6, 6.07) is 16.4. The Balaban J connectivity index is 1.68. The van der Waals surface area contributed by atoms with E-state index in [-0.39, 0.29) is 29.9 Å². The fraction of sp³-hybridized carbons (Fsp3) is 0.185. The fourth-order valence-electron chi connectivity index (χ4n) is 4.43. The molecule has 0 fully saturated rings. The zero-order chi connectivity index (χ0) is 24.7. The van der Waals surface area contributed by atoms with Crippen LogP contribution in [0.5, 0.6) is 17.2 Å². The largest absolute Gasteiger partial charge is 0.496 e. The van der Waals surface area contributed by atoms with Gasteiger partial charge in [0.1, 0.15) is 5.75 Å². The topological polar surface area (TPSA) is 112 Å². The number of carboxylic acid groups (broad SMARTS) is 1. The van der Waals surface area contributed by atoms with E-state index in [2.05, 4.69) is 0 Å². The van der Waals surface area contributed by atoms with E-state index in [1.165, 1.54) is 12.1 Å². The molecule has 3 aromatic rings. The van der Waals surface area contributed by atoms with Crippen LogP contribution in [-0.2, 0) is 21.7 Å². The molecule has 178 valence electrons. The molecule has 0 bridgehead atoms. The first-order valence-electron chi connectivity index (χ1n) is 10.9. The van der Waals surface area contributed by atoms with E-state index in [4.69, 9.17) is 18.9 Å². The first kappa shape index (κ1) is 22.5. The lowest BCUT2D eigenvalue weighted by Crippen LogP contribution is -2.30. The number of aliphatic hydroxyl groups is 1. The van der Waals surface area contributed by atoms with Crippen molar-refractivity contribution in [1.29, 1.82) is 0 Å². The van der Waals surface area contributed by atoms with Crippen molar-refractivity contribution < 1.29 is 38.7 Å². The highest BCUT2D eigenvalue weighted by molar-refractivity contribution is 6.20. The van der Waals surface area contributed by atoms with Crippen molar-refractivity contribution in [3.63, 3.8) is 0 Å². The second-order valence-corrected chi connectivity index (χ2v) is 8.32. The summed E-state index contributed by atoms with van der Waals surface area (Å²) in [5.41, 5.74) is 2.75. The van der Waals surface area contributed by atoms with Gasteiger partial charge in [-0.3, -0.25) is 0 Å². The quantitative estimate of drug-likeness (QED) is 0.519. The molecule has 2 aliphatic rings. The Morgan fingerprint density at radius 1 is 1.06 bits per heavy atom. The second kappa shape index (κ2) is 8.48. The van der Waals surface area contributed by atoms with Crippen LogP contribution in [0.2, 0.25) is 0 Å². The molecule has 0 radical (unpaired) electrons. The number of ether oxygens (including phenoxy) is 4. The van der Waals surface area contributed by atoms with E-state index >= 15 is 0 Å². The van der Waals surface area contributed by atoms with Crippen LogP contribution in [0.25, 0.3) is 5.57 Å². The van der Waals surface area contributed by atoms with Gasteiger partial charge in [0.25, 0.3) is 5.79 Å². The highest BCUT2D eigenvalue weighted by Gasteiger charge is 2.48. The minimum absolute atomic E-state index is 0.0677. The van der Waals surface area contributed by atoms with Crippen LogP contribution in [0.3, 0.4) is 0 Å². The van der Waals surface area contributed by atoms with Gasteiger partial charge in [-0.1, -0.05) is 18.2 Å². The van der Waals surface area contributed by atoms with E-state index in [0.29, 0.717) is 33.9 Å². The van der Waals surface area contributed by atoms with E-state index in [9.17, 15) is 19.8 Å². The maximum absolute atomic E-state index is 13.2. The van der Waals surface area contributed by atoms with Gasteiger partial charge in [-0.2, -0.15) is 0 Å². The number of aromatic carboxylic acids is 1. The smallest absolute Gasteiger partial charge is 0.342 e. The van der Waals surface area contributed by atoms with Crippen LogP contribution in [-0.4, -0.2) is 36.1 Å². The summed E-state index contributed by atoms with van der Waals surface area (Å²) in [6.07, 6.45) is 0.0677. The Hall–Kier alpha value is -4.30. The van der Waals surface area contributed by atoms with Crippen LogP contribution < -0.4 is 14.2 Å². The molecule has 0 spiro atoms. The van der Waals surface area contributed by atoms with E-state index < -0.39 is 17.7 Å². The minimum Gasteiger partial charge on any atom is -0.496 e. The predicted molar refractivity (Wildman–Crippen MR) is 124 cm³/mol. The first-order valence-corrected chi connectivity index (χ1v) is 10.9. The predicted octanol–water partition coefficient (Wildman–Crippen LogP) is 3.83. The summed E-state index contributed by atoms with van der Waals surface area (Å²) in [7, 11) is 1.55. The molecule has 5 rings (SSSR count). The molecular weight excluding hydrogens is 452 g/mol. The van der Waals surface area contributed by atoms with Gasteiger partial charge in [0.2, 0.25) is 6.79 Å². The minimum atomic E-state index is -2.07. The number of rotatable bonds is 6. The highest BCUT2D eigenvalue weighted by atomic mass is 16.7. The number of hydrogen-bond acceptors (Lipinski definition) is 7. The molecule has 2 heterocycles. The van der Waals surface area contributed by atoms with Gasteiger partial charge in [0.05, 0.1) is 18.2 Å². The van der Waals surface area contributed by atoms with Crippen molar-refractivity contribution in [3.05, 3.63) is 94.1 Å². The zero-order valence-electron chi connectivity index (χ0n) is 19.0. The van der Waals surface area contributed by atoms with E-state index in [1.807, 2.05) is 6.92 Å². The van der Waals surface area contributed by atoms with Gasteiger partial charge in [0, 0.05) is 17.6 Å². The molecule has 1 unspecified atom stereocenters. The fourth-order valence-corrected chi connectivity index (χ4v) is 4.43. The van der Waals surface area contributed by atoms with Crippen LogP contribution >= 0.6 is 0 Å². The number of carboxylic acids is 1. The number of benzene rings is 3. The zero-order valence-corrected chi connectivity index (χ0v) is 19.0. The number of fused-ring (bicyclic) bond motifs is 1. The Bertz CT molecular complexity index is 1390. The molecule has 3 aromatic carbocycles. The highest BCUT2D eigenvalue weighted by Crippen LogP contribution is 2.46. The van der Waals surface area contributed by atoms with Gasteiger partial charge in [-0.15, -0.1) is 0 Å². The van der Waals surface area contributed by atoms with Crippen LogP contribution in [0, 0.1) is 6.92 Å². The molecule has 8 heteroatoms. The van der Waals surface area contributed by atoms with Crippen molar-refractivity contribution in [1.82, 2.24) is 0 Å². The maximum Gasteiger partial charge on any atom is 0.342 e. The number of carbonyl (C=O) groups excluding carboxylic acids is 1. The average molecular weight is 474 g/mol. The van der Waals surface area contributed by atoms with Crippen molar-refractivity contribution >= 4 is 17.5 Å². The molecule has 8 nitrogen and oxygen atoms in total. The number of hydrogen-bond donors (Lipinski definition) is 2. The van der Waals surface area contributed by atoms with Crippen LogP contribution in [0.1, 0.15) is 32.6 Å². The lowest BCUT2D eigenvalue weighted by atomic mass is 9.87. The molecule has 2 aliphatic heterocycles. The summed E-state index contributed by atoms with van der Waals surface area (Å²) in [6.45, 7) is 1.90. The lowest BCUT2D eigenvalue weighted by Gasteiger charge is -2.26. The second-order valence-electron chi connectivity index (χ2n) is 8.32. The Morgan fingerprint density at radius 2 is 1.86 bits per heavy atom. The third kappa shape index (κ3) is 3.87. The Morgan fingerprint density at radius 3 is 2.60 bits per heavy atom. The number of carbonyl (C=O) groups is 2. The molecule has 0 aliphatic carbocycles. The van der Waals surface area contributed by atoms with Crippen molar-refractivity contribution in [3.8, 4) is 17.2 Å². The molecule has 0 amide bonds. The normalized spacial score (nSPS) is 18.5. The lowest BCUT2D eigenvalue weighted by molar-refractivity contribution is -0.185. The van der Waals surface area contributed by atoms with Gasteiger partial charge in [0.15, 0.2) is 11.5 Å². The number of aryl methyl sites for hydroxylation is 1. The van der Waals surface area contributed by atoms with Gasteiger partial charge >= 0.3 is 11.9 Å². The van der Waals surface area contributed by atoms with Crippen molar-refractivity contribution in [2.24, 2.45) is 0 Å². The Labute approximate surface area is 200 Å². The standard InChI is InChI=1S/C27H22O8/c1-15-10-19(7-9-21(15)32-2)27(31)20(12-16-4-3-5-18(11-16)25(28)29)24(26(30)35-27)17-6-8-22-23(13-17)34-14-33-22/h3-11,13,31H,12,14H2,1-2H3,(H,28,29). The van der Waals surface area contributed by atoms with Gasteiger partial charge in [-0.05, 0) is 66.1 Å². The van der Waals surface area contributed by atoms with Crippen LogP contribution in [0.15, 0.2) is 66.2 Å². The number of esters is 1.